The molecule has 10 heteroatoms. The molecule has 1 fully saturated rings. The first-order valence-corrected chi connectivity index (χ1v) is 10.5. The summed E-state index contributed by atoms with van der Waals surface area (Å²) in [5, 5.41) is 2.50. The number of carbonyl (C=O) groups is 4. The number of hydrogen-bond donors (Lipinski definition) is 1. The van der Waals surface area contributed by atoms with Crippen LogP contribution in [0.25, 0.3) is 0 Å². The van der Waals surface area contributed by atoms with E-state index in [1.807, 2.05) is 0 Å². The van der Waals surface area contributed by atoms with E-state index < -0.39 is 35.2 Å². The number of carbonyl (C=O) groups excluding carboxylic acids is 4. The number of rotatable bonds is 5. The summed E-state index contributed by atoms with van der Waals surface area (Å²) in [6.45, 7) is 3.41. The third-order valence-corrected chi connectivity index (χ3v) is 6.06. The zero-order valence-electron chi connectivity index (χ0n) is 17.3. The van der Waals surface area contributed by atoms with Crippen molar-refractivity contribution in [1.82, 2.24) is 10.2 Å². The fourth-order valence-electron chi connectivity index (χ4n) is 3.95. The van der Waals surface area contributed by atoms with Gasteiger partial charge in [-0.25, -0.2) is 9.59 Å². The zero-order valence-corrected chi connectivity index (χ0v) is 18.1. The van der Waals surface area contributed by atoms with Gasteiger partial charge in [0.15, 0.2) is 6.04 Å². The van der Waals surface area contributed by atoms with Crippen molar-refractivity contribution in [3.05, 3.63) is 69.7 Å². The minimum absolute atomic E-state index is 0.110. The van der Waals surface area contributed by atoms with Crippen LogP contribution in [-0.4, -0.2) is 45.9 Å². The van der Waals surface area contributed by atoms with Crippen LogP contribution < -0.4 is 5.32 Å². The van der Waals surface area contributed by atoms with Crippen molar-refractivity contribution >= 4 is 41.9 Å². The summed E-state index contributed by atoms with van der Waals surface area (Å²) >= 11 is 5.71. The van der Waals surface area contributed by atoms with E-state index >= 15 is 0 Å². The van der Waals surface area contributed by atoms with Crippen molar-refractivity contribution in [1.29, 1.82) is 0 Å². The zero-order chi connectivity index (χ0) is 23.9. The number of imide groups is 1. The predicted octanol–water partition coefficient (Wildman–Crippen LogP) is 2.63. The first-order valence-electron chi connectivity index (χ1n) is 10.1. The maximum Gasteiger partial charge on any atom is 0.417 e. The Bertz CT molecular complexity index is 1200. The Hall–Kier alpha value is -3.46. The fourth-order valence-corrected chi connectivity index (χ4v) is 4.08. The molecule has 170 valence electrons. The highest BCUT2D eigenvalue weighted by molar-refractivity contribution is 6.30. The molecule has 2 heterocycles. The van der Waals surface area contributed by atoms with Crippen LogP contribution in [0, 0.1) is 0 Å². The van der Waals surface area contributed by atoms with Gasteiger partial charge < -0.3 is 10.2 Å². The molecule has 0 bridgehead atoms. The van der Waals surface area contributed by atoms with E-state index in [0.29, 0.717) is 16.7 Å². The Morgan fingerprint density at radius 2 is 1.88 bits per heavy atom. The topological polar surface area (TPSA) is 86.6 Å². The molecule has 2 aromatic rings. The van der Waals surface area contributed by atoms with Crippen LogP contribution in [0.3, 0.4) is 0 Å². The third kappa shape index (κ3) is 4.16. The molecule has 1 atom stereocenters. The lowest BCUT2D eigenvalue weighted by Crippen LogP contribution is -2.50. The van der Waals surface area contributed by atoms with Gasteiger partial charge in [0.25, 0.3) is 11.8 Å². The van der Waals surface area contributed by atoms with Gasteiger partial charge in [-0.1, -0.05) is 35.9 Å². The smallest absolute Gasteiger partial charge is 0.346 e. The van der Waals surface area contributed by atoms with Gasteiger partial charge in [-0.15, -0.1) is 4.58 Å². The number of nitrogens with one attached hydrogen (secondary N) is 1. The molecule has 0 spiro atoms. The lowest BCUT2D eigenvalue weighted by Gasteiger charge is -2.25. The first-order chi connectivity index (χ1) is 15.6. The van der Waals surface area contributed by atoms with E-state index in [2.05, 4.69) is 12.0 Å². The van der Waals surface area contributed by atoms with Crippen LogP contribution in [0.5, 0.6) is 0 Å². The quantitative estimate of drug-likeness (QED) is 0.533. The molecule has 0 aliphatic carbocycles. The largest absolute Gasteiger partial charge is 0.417 e. The highest BCUT2D eigenvalue weighted by Gasteiger charge is 2.46. The van der Waals surface area contributed by atoms with Gasteiger partial charge in [-0.3, -0.25) is 9.59 Å². The van der Waals surface area contributed by atoms with Crippen molar-refractivity contribution in [2.75, 3.05) is 0 Å². The lowest BCUT2D eigenvalue weighted by molar-refractivity contribution is -0.386. The Morgan fingerprint density at radius 1 is 1.18 bits per heavy atom. The van der Waals surface area contributed by atoms with Gasteiger partial charge in [0, 0.05) is 29.2 Å². The van der Waals surface area contributed by atoms with E-state index in [1.54, 1.807) is 12.1 Å². The average molecular weight is 475 g/mol. The van der Waals surface area contributed by atoms with Gasteiger partial charge in [-0.2, -0.15) is 8.78 Å². The summed E-state index contributed by atoms with van der Waals surface area (Å²) in [6.07, 6.45) is 0.325. The standard InChI is InChI=1S/C23H18ClF2N3O4/c1-28-19(30)9-8-18(21(28)32)29-12-14-10-13(2-7-17(14)20(29)31)11-27-22(33)23(25,26)15-3-5-16(24)6-4-15/h2-7,10,18H,1,8-9,11-12H2/p+1. The third-order valence-electron chi connectivity index (χ3n) is 5.81. The number of alkyl halides is 2. The molecule has 1 unspecified atom stereocenters. The molecule has 4 amide bonds. The van der Waals surface area contributed by atoms with Crippen molar-refractivity contribution in [2.24, 2.45) is 0 Å². The number of fused-ring (bicyclic) bond motifs is 1. The van der Waals surface area contributed by atoms with Crippen molar-refractivity contribution in [3.63, 3.8) is 0 Å². The van der Waals surface area contributed by atoms with E-state index in [1.165, 1.54) is 23.1 Å². The maximum atomic E-state index is 14.4. The highest BCUT2D eigenvalue weighted by atomic mass is 35.5. The number of halogens is 3. The monoisotopic (exact) mass is 474 g/mol. The van der Waals surface area contributed by atoms with E-state index in [4.69, 9.17) is 11.6 Å². The minimum Gasteiger partial charge on any atom is -0.346 e. The number of benzene rings is 2. The predicted molar refractivity (Wildman–Crippen MR) is 114 cm³/mol. The summed E-state index contributed by atoms with van der Waals surface area (Å²) in [5.74, 6) is -6.49. The van der Waals surface area contributed by atoms with Gasteiger partial charge in [0.2, 0.25) is 0 Å². The van der Waals surface area contributed by atoms with Crippen molar-refractivity contribution in [2.45, 2.75) is 37.9 Å². The summed E-state index contributed by atoms with van der Waals surface area (Å²) in [7, 11) is 0. The summed E-state index contributed by atoms with van der Waals surface area (Å²) in [6, 6.07) is 8.67. The molecule has 0 aromatic heterocycles. The van der Waals surface area contributed by atoms with Gasteiger partial charge >= 0.3 is 17.7 Å². The maximum absolute atomic E-state index is 14.4. The molecule has 7 nitrogen and oxygen atoms in total. The van der Waals surface area contributed by atoms with Crippen LogP contribution >= 0.6 is 11.6 Å². The molecule has 4 rings (SSSR count). The SMILES string of the molecule is C=[N+]1C(=O)CCC(N2Cc3cc(CNC(=O)C(F)(F)c4ccc(Cl)cc4)ccc3C2=O)C1=O. The molecule has 1 saturated heterocycles. The van der Waals surface area contributed by atoms with Gasteiger partial charge in [0.05, 0.1) is 6.42 Å². The molecule has 0 saturated carbocycles. The molecule has 2 aliphatic rings. The second kappa shape index (κ2) is 8.47. The summed E-state index contributed by atoms with van der Waals surface area (Å²) < 4.78 is 29.7. The van der Waals surface area contributed by atoms with Gasteiger partial charge in [-0.05, 0) is 35.7 Å². The molecular weight excluding hydrogens is 456 g/mol. The Labute approximate surface area is 192 Å². The fraction of sp³-hybridized carbons (Fsp3) is 0.261. The van der Waals surface area contributed by atoms with Crippen LogP contribution in [-0.2, 0) is 33.4 Å². The lowest BCUT2D eigenvalue weighted by atomic mass is 10.0. The minimum atomic E-state index is -3.74. The summed E-state index contributed by atoms with van der Waals surface area (Å²) in [5.41, 5.74) is 1.04. The molecule has 0 radical (unpaired) electrons. The Balaban J connectivity index is 1.44. The highest BCUT2D eigenvalue weighted by Crippen LogP contribution is 2.31. The molecular formula is C23H19ClF2N3O4+. The number of piperidine rings is 1. The van der Waals surface area contributed by atoms with E-state index in [0.717, 1.165) is 16.7 Å². The molecule has 2 aliphatic heterocycles. The van der Waals surface area contributed by atoms with Crippen LogP contribution in [0.15, 0.2) is 42.5 Å². The van der Waals surface area contributed by atoms with Crippen molar-refractivity contribution < 1.29 is 32.5 Å². The molecule has 2 aromatic carbocycles. The normalized spacial score (nSPS) is 18.5. The number of amides is 4. The van der Waals surface area contributed by atoms with Gasteiger partial charge in [0.1, 0.15) is 6.72 Å². The Morgan fingerprint density at radius 3 is 2.58 bits per heavy atom. The van der Waals surface area contributed by atoms with Crippen LogP contribution in [0.4, 0.5) is 8.78 Å². The first kappa shape index (κ1) is 22.7. The van der Waals surface area contributed by atoms with E-state index in [-0.39, 0.29) is 36.9 Å². The molecule has 33 heavy (non-hydrogen) atoms. The second-order valence-electron chi connectivity index (χ2n) is 7.90. The number of nitrogens with zero attached hydrogens (tertiary/aromatic N) is 2. The van der Waals surface area contributed by atoms with Crippen molar-refractivity contribution in [3.8, 4) is 0 Å². The second-order valence-corrected chi connectivity index (χ2v) is 8.34. The van der Waals surface area contributed by atoms with E-state index in [9.17, 15) is 28.0 Å². The average Bonchev–Trinajstić information content (AvgIpc) is 3.11. The van der Waals surface area contributed by atoms with Crippen LogP contribution in [0.2, 0.25) is 5.02 Å². The van der Waals surface area contributed by atoms with Crippen LogP contribution in [0.1, 0.15) is 39.9 Å². The number of hydrogen-bond acceptors (Lipinski definition) is 4. The molecule has 1 N–H and O–H groups in total. The Kier molecular flexibility index (Phi) is 5.84. The summed E-state index contributed by atoms with van der Waals surface area (Å²) in [4.78, 5) is 50.4.